The molecule has 176 valence electrons. The number of hydrogen-bond acceptors (Lipinski definition) is 7. The molecular formula is C22H31ClN4O4S. The van der Waals surface area contributed by atoms with Gasteiger partial charge in [0.05, 0.1) is 35.5 Å². The van der Waals surface area contributed by atoms with Crippen molar-refractivity contribution in [1.29, 1.82) is 0 Å². The molecule has 0 unspecified atom stereocenters. The summed E-state index contributed by atoms with van der Waals surface area (Å²) in [7, 11) is 3.19. The van der Waals surface area contributed by atoms with Crippen molar-refractivity contribution >= 4 is 35.0 Å². The third-order valence-electron chi connectivity index (χ3n) is 5.36. The molecule has 1 aliphatic rings. The summed E-state index contributed by atoms with van der Waals surface area (Å²) in [5, 5.41) is 3.41. The van der Waals surface area contributed by atoms with E-state index < -0.39 is 0 Å². The quantitative estimate of drug-likeness (QED) is 0.320. The number of piperidine rings is 1. The van der Waals surface area contributed by atoms with Crippen molar-refractivity contribution in [2.24, 2.45) is 0 Å². The molecule has 1 aromatic carbocycles. The molecule has 10 heteroatoms. The monoisotopic (exact) mass is 482 g/mol. The van der Waals surface area contributed by atoms with Gasteiger partial charge in [-0.25, -0.2) is 0 Å². The number of aromatic nitrogens is 1. The zero-order valence-electron chi connectivity index (χ0n) is 18.3. The molecule has 2 heterocycles. The number of likely N-dealkylation sites (tertiary alicyclic amines) is 1. The maximum absolute atomic E-state index is 12.9. The highest BCUT2D eigenvalue weighted by Gasteiger charge is 2.31. The summed E-state index contributed by atoms with van der Waals surface area (Å²) in [5.41, 5.74) is 6.56. The van der Waals surface area contributed by atoms with Crippen molar-refractivity contribution in [3.05, 3.63) is 47.2 Å². The molecule has 1 amide bonds. The van der Waals surface area contributed by atoms with Gasteiger partial charge in [0.25, 0.3) is 5.91 Å². The first-order valence-electron chi connectivity index (χ1n) is 10.2. The number of methoxy groups -OCH3 is 2. The van der Waals surface area contributed by atoms with Gasteiger partial charge in [0, 0.05) is 43.6 Å². The van der Waals surface area contributed by atoms with E-state index in [2.05, 4.69) is 15.2 Å². The summed E-state index contributed by atoms with van der Waals surface area (Å²) >= 11 is 7.95. The van der Waals surface area contributed by atoms with Crippen LogP contribution in [0.25, 0.3) is 0 Å². The minimum Gasteiger partial charge on any atom is -0.496 e. The molecule has 3 rings (SSSR count). The molecule has 0 saturated carbocycles. The molecule has 1 fully saturated rings. The molecule has 0 radical (unpaired) electrons. The van der Waals surface area contributed by atoms with Crippen LogP contribution in [0.1, 0.15) is 23.2 Å². The summed E-state index contributed by atoms with van der Waals surface area (Å²) in [5.74, 6) is 1.21. The first-order valence-corrected chi connectivity index (χ1v) is 11.6. The molecule has 0 spiro atoms. The van der Waals surface area contributed by atoms with Gasteiger partial charge in [0.1, 0.15) is 5.75 Å². The second kappa shape index (κ2) is 12.9. The Hall–Kier alpha value is -2.04. The number of thioether (sulfide) groups is 1. The van der Waals surface area contributed by atoms with E-state index in [9.17, 15) is 4.79 Å². The van der Waals surface area contributed by atoms with Crippen LogP contribution in [-0.4, -0.2) is 73.0 Å². The lowest BCUT2D eigenvalue weighted by Gasteiger charge is -2.38. The van der Waals surface area contributed by atoms with Gasteiger partial charge in [0.15, 0.2) is 0 Å². The highest BCUT2D eigenvalue weighted by Crippen LogP contribution is 2.29. The zero-order chi connectivity index (χ0) is 22.2. The number of benzene rings is 1. The van der Waals surface area contributed by atoms with Gasteiger partial charge in [-0.1, -0.05) is 11.6 Å². The average Bonchev–Trinajstić information content (AvgIpc) is 2.79. The number of halogens is 1. The van der Waals surface area contributed by atoms with E-state index in [0.29, 0.717) is 22.0 Å². The Morgan fingerprint density at radius 3 is 2.78 bits per heavy atom. The number of nitrogens with two attached hydrogens (primary N) is 1. The fourth-order valence-electron chi connectivity index (χ4n) is 3.66. The Kier molecular flexibility index (Phi) is 10.5. The molecule has 8 nitrogen and oxygen atoms in total. The number of nitrogen functional groups attached to an aromatic ring is 1. The van der Waals surface area contributed by atoms with Crippen LogP contribution in [-0.2, 0) is 4.74 Å². The van der Waals surface area contributed by atoms with Crippen molar-refractivity contribution in [3.8, 4) is 5.75 Å². The average molecular weight is 483 g/mol. The fourth-order valence-corrected chi connectivity index (χ4v) is 4.65. The van der Waals surface area contributed by atoms with Crippen LogP contribution in [0, 0.1) is 0 Å². The lowest BCUT2D eigenvalue weighted by Crippen LogP contribution is -2.55. The van der Waals surface area contributed by atoms with Crippen molar-refractivity contribution in [3.63, 3.8) is 0 Å². The third-order valence-corrected chi connectivity index (χ3v) is 6.79. The molecule has 1 aromatic heterocycles. The van der Waals surface area contributed by atoms with Gasteiger partial charge in [-0.3, -0.25) is 9.78 Å². The molecule has 0 bridgehead atoms. The summed E-state index contributed by atoms with van der Waals surface area (Å²) in [4.78, 5) is 20.6. The lowest BCUT2D eigenvalue weighted by atomic mass is 10.0. The normalized spacial score (nSPS) is 18.6. The minimum atomic E-state index is -0.243. The van der Waals surface area contributed by atoms with Crippen LogP contribution in [0.15, 0.2) is 41.6 Å². The van der Waals surface area contributed by atoms with E-state index in [1.807, 2.05) is 36.3 Å². The minimum absolute atomic E-state index is 0. The molecule has 2 aromatic rings. The lowest BCUT2D eigenvalue weighted by molar-refractivity contribution is 0.00655. The number of carbonyl (C=O) groups excluding carboxylic acids is 1. The molecule has 2 atom stereocenters. The fraction of sp³-hybridized carbons (Fsp3) is 0.455. The number of amides is 1. The molecular weight excluding hydrogens is 452 g/mol. The molecule has 1 aliphatic heterocycles. The van der Waals surface area contributed by atoms with E-state index in [1.165, 1.54) is 12.0 Å². The summed E-state index contributed by atoms with van der Waals surface area (Å²) < 4.78 is 11.0. The maximum Gasteiger partial charge on any atom is 0.255 e. The molecule has 0 aliphatic carbocycles. The van der Waals surface area contributed by atoms with E-state index in [-0.39, 0.29) is 23.5 Å². The van der Waals surface area contributed by atoms with Crippen molar-refractivity contribution in [2.75, 3.05) is 45.3 Å². The van der Waals surface area contributed by atoms with Crippen LogP contribution in [0.5, 0.6) is 5.75 Å². The van der Waals surface area contributed by atoms with Gasteiger partial charge < -0.3 is 30.9 Å². The standard InChI is InChI=1S/C22H29ClN4O3S.H2O/c1-29-20-13-18(24)17(23)12-16(20)22(28)26-19-6-10-27(14-21(19)30-2)9-3-11-31-15-4-7-25-8-5-15;/h4-5,7-8,12-13,19,21H,3,6,9-11,14,24H2,1-2H3,(H,26,28);1H2/t19-,21+;/m0./s1. The van der Waals surface area contributed by atoms with Gasteiger partial charge in [-0.2, -0.15) is 0 Å². The number of pyridine rings is 1. The van der Waals surface area contributed by atoms with Crippen LogP contribution in [0.2, 0.25) is 5.02 Å². The topological polar surface area (TPSA) is 121 Å². The second-order valence-corrected chi connectivity index (χ2v) is 8.98. The Morgan fingerprint density at radius 1 is 1.34 bits per heavy atom. The molecule has 1 saturated heterocycles. The SMILES string of the molecule is COc1cc(N)c(Cl)cc1C(=O)N[C@H]1CCN(CCCSc2ccncc2)C[C@H]1OC.O. The highest BCUT2D eigenvalue weighted by atomic mass is 35.5. The van der Waals surface area contributed by atoms with E-state index in [4.69, 9.17) is 26.8 Å². The zero-order valence-corrected chi connectivity index (χ0v) is 19.9. The van der Waals surface area contributed by atoms with Gasteiger partial charge in [-0.05, 0) is 43.3 Å². The summed E-state index contributed by atoms with van der Waals surface area (Å²) in [6.07, 6.45) is 5.45. The van der Waals surface area contributed by atoms with Crippen LogP contribution in [0.3, 0.4) is 0 Å². The second-order valence-electron chi connectivity index (χ2n) is 7.40. The van der Waals surface area contributed by atoms with E-state index in [0.717, 1.165) is 38.2 Å². The van der Waals surface area contributed by atoms with Gasteiger partial charge in [0.2, 0.25) is 0 Å². The van der Waals surface area contributed by atoms with E-state index in [1.54, 1.807) is 19.2 Å². The smallest absolute Gasteiger partial charge is 0.255 e. The first kappa shape index (κ1) is 26.2. The largest absolute Gasteiger partial charge is 0.496 e. The Bertz CT molecular complexity index is 875. The predicted octanol–water partition coefficient (Wildman–Crippen LogP) is 2.50. The number of hydrogen-bond donors (Lipinski definition) is 2. The van der Waals surface area contributed by atoms with Crippen LogP contribution < -0.4 is 15.8 Å². The van der Waals surface area contributed by atoms with Crippen LogP contribution in [0.4, 0.5) is 5.69 Å². The van der Waals surface area contributed by atoms with Crippen molar-refractivity contribution < 1.29 is 19.7 Å². The van der Waals surface area contributed by atoms with Crippen molar-refractivity contribution in [1.82, 2.24) is 15.2 Å². The first-order chi connectivity index (χ1) is 15.0. The number of rotatable bonds is 9. The van der Waals surface area contributed by atoms with Gasteiger partial charge >= 0.3 is 0 Å². The van der Waals surface area contributed by atoms with Gasteiger partial charge in [-0.15, -0.1) is 11.8 Å². The Morgan fingerprint density at radius 2 is 2.09 bits per heavy atom. The Balaban J connectivity index is 0.00000363. The summed E-state index contributed by atoms with van der Waals surface area (Å²) in [6, 6.07) is 7.09. The third kappa shape index (κ3) is 6.98. The molecule has 5 N–H and O–H groups in total. The summed E-state index contributed by atoms with van der Waals surface area (Å²) in [6.45, 7) is 2.69. The predicted molar refractivity (Wildman–Crippen MR) is 129 cm³/mol. The van der Waals surface area contributed by atoms with Crippen LogP contribution >= 0.6 is 23.4 Å². The molecule has 32 heavy (non-hydrogen) atoms. The Labute approximate surface area is 198 Å². The number of ether oxygens (including phenoxy) is 2. The maximum atomic E-state index is 12.9. The number of nitrogens with zero attached hydrogens (tertiary/aromatic N) is 2. The highest BCUT2D eigenvalue weighted by molar-refractivity contribution is 7.99. The number of anilines is 1. The van der Waals surface area contributed by atoms with Crippen molar-refractivity contribution in [2.45, 2.75) is 29.9 Å². The number of nitrogens with one attached hydrogen (secondary N) is 1. The van der Waals surface area contributed by atoms with E-state index >= 15 is 0 Å². The number of carbonyl (C=O) groups is 1.